The highest BCUT2D eigenvalue weighted by Gasteiger charge is 2.11. The predicted octanol–water partition coefficient (Wildman–Crippen LogP) is 3.32. The largest absolute Gasteiger partial charge is 0.465 e. The standard InChI is InChI=1S/C17H19NO2/c1-13(14-8-4-3-5-9-14)18-12-15-10-6-7-11-16(15)17(19)20-2/h3-11,13,18H,12H2,1-2H3. The first-order chi connectivity index (χ1) is 9.72. The zero-order chi connectivity index (χ0) is 14.4. The van der Waals surface area contributed by atoms with Crippen molar-refractivity contribution in [2.75, 3.05) is 7.11 Å². The summed E-state index contributed by atoms with van der Waals surface area (Å²) in [5.41, 5.74) is 2.79. The molecule has 0 aliphatic carbocycles. The third kappa shape index (κ3) is 3.45. The van der Waals surface area contributed by atoms with E-state index >= 15 is 0 Å². The smallest absolute Gasteiger partial charge is 0.338 e. The minimum absolute atomic E-state index is 0.224. The van der Waals surface area contributed by atoms with Crippen molar-refractivity contribution in [3.05, 3.63) is 71.3 Å². The molecule has 0 radical (unpaired) electrons. The molecule has 104 valence electrons. The summed E-state index contributed by atoms with van der Waals surface area (Å²) in [7, 11) is 1.40. The van der Waals surface area contributed by atoms with Gasteiger partial charge in [0.05, 0.1) is 12.7 Å². The molecule has 0 spiro atoms. The first-order valence-corrected chi connectivity index (χ1v) is 6.67. The molecule has 1 N–H and O–H groups in total. The van der Waals surface area contributed by atoms with E-state index in [1.807, 2.05) is 36.4 Å². The van der Waals surface area contributed by atoms with Gasteiger partial charge in [0.2, 0.25) is 0 Å². The van der Waals surface area contributed by atoms with E-state index in [1.165, 1.54) is 12.7 Å². The molecule has 1 atom stereocenters. The van der Waals surface area contributed by atoms with Crippen LogP contribution < -0.4 is 5.32 Å². The Balaban J connectivity index is 2.06. The average molecular weight is 269 g/mol. The number of rotatable bonds is 5. The number of ether oxygens (including phenoxy) is 1. The fraction of sp³-hybridized carbons (Fsp3) is 0.235. The quantitative estimate of drug-likeness (QED) is 0.846. The van der Waals surface area contributed by atoms with Crippen LogP contribution >= 0.6 is 0 Å². The van der Waals surface area contributed by atoms with Gasteiger partial charge in [-0.2, -0.15) is 0 Å². The summed E-state index contributed by atoms with van der Waals surface area (Å²) in [6, 6.07) is 17.9. The molecule has 0 aliphatic rings. The second-order valence-corrected chi connectivity index (χ2v) is 4.66. The Morgan fingerprint density at radius 1 is 1.10 bits per heavy atom. The molecular formula is C17H19NO2. The average Bonchev–Trinajstić information content (AvgIpc) is 2.53. The van der Waals surface area contributed by atoms with Gasteiger partial charge in [-0.05, 0) is 24.1 Å². The van der Waals surface area contributed by atoms with Crippen molar-refractivity contribution >= 4 is 5.97 Å². The van der Waals surface area contributed by atoms with Crippen LogP contribution in [0.15, 0.2) is 54.6 Å². The van der Waals surface area contributed by atoms with Gasteiger partial charge in [-0.1, -0.05) is 48.5 Å². The molecule has 1 unspecified atom stereocenters. The summed E-state index contributed by atoms with van der Waals surface area (Å²) in [5, 5.41) is 3.43. The van der Waals surface area contributed by atoms with Gasteiger partial charge in [0, 0.05) is 12.6 Å². The van der Waals surface area contributed by atoms with E-state index in [1.54, 1.807) is 6.07 Å². The van der Waals surface area contributed by atoms with Gasteiger partial charge in [-0.3, -0.25) is 0 Å². The van der Waals surface area contributed by atoms with Crippen molar-refractivity contribution in [1.29, 1.82) is 0 Å². The molecule has 0 aromatic heterocycles. The number of hydrogen-bond acceptors (Lipinski definition) is 3. The third-order valence-corrected chi connectivity index (χ3v) is 3.32. The lowest BCUT2D eigenvalue weighted by Crippen LogP contribution is -2.20. The Bertz CT molecular complexity index is 566. The highest BCUT2D eigenvalue weighted by atomic mass is 16.5. The normalized spacial score (nSPS) is 11.9. The zero-order valence-corrected chi connectivity index (χ0v) is 11.8. The number of benzene rings is 2. The van der Waals surface area contributed by atoms with Crippen molar-refractivity contribution in [1.82, 2.24) is 5.32 Å². The van der Waals surface area contributed by atoms with Gasteiger partial charge in [-0.25, -0.2) is 4.79 Å². The molecular weight excluding hydrogens is 250 g/mol. The first kappa shape index (κ1) is 14.3. The number of esters is 1. The fourth-order valence-electron chi connectivity index (χ4n) is 2.11. The van der Waals surface area contributed by atoms with Crippen molar-refractivity contribution in [2.24, 2.45) is 0 Å². The number of hydrogen-bond donors (Lipinski definition) is 1. The topological polar surface area (TPSA) is 38.3 Å². The fourth-order valence-corrected chi connectivity index (χ4v) is 2.11. The van der Waals surface area contributed by atoms with Crippen molar-refractivity contribution in [3.63, 3.8) is 0 Å². The van der Waals surface area contributed by atoms with Gasteiger partial charge < -0.3 is 10.1 Å². The van der Waals surface area contributed by atoms with Gasteiger partial charge in [-0.15, -0.1) is 0 Å². The van der Waals surface area contributed by atoms with E-state index in [2.05, 4.69) is 24.4 Å². The zero-order valence-electron chi connectivity index (χ0n) is 11.8. The van der Waals surface area contributed by atoms with E-state index in [-0.39, 0.29) is 12.0 Å². The van der Waals surface area contributed by atoms with E-state index in [0.29, 0.717) is 12.1 Å². The van der Waals surface area contributed by atoms with E-state index in [9.17, 15) is 4.79 Å². The van der Waals surface area contributed by atoms with Crippen LogP contribution in [0.2, 0.25) is 0 Å². The third-order valence-electron chi connectivity index (χ3n) is 3.32. The van der Waals surface area contributed by atoms with Crippen LogP contribution in [-0.4, -0.2) is 13.1 Å². The second kappa shape index (κ2) is 6.87. The predicted molar refractivity (Wildman–Crippen MR) is 79.5 cm³/mol. The van der Waals surface area contributed by atoms with Crippen molar-refractivity contribution in [3.8, 4) is 0 Å². The maximum absolute atomic E-state index is 11.7. The van der Waals surface area contributed by atoms with Crippen LogP contribution in [0.4, 0.5) is 0 Å². The molecule has 2 aromatic carbocycles. The number of methoxy groups -OCH3 is 1. The molecule has 0 amide bonds. The molecule has 0 saturated carbocycles. The van der Waals surface area contributed by atoms with Gasteiger partial charge in [0.1, 0.15) is 0 Å². The molecule has 0 saturated heterocycles. The number of carbonyl (C=O) groups excluding carboxylic acids is 1. The molecule has 2 aromatic rings. The van der Waals surface area contributed by atoms with Gasteiger partial charge in [0.25, 0.3) is 0 Å². The molecule has 3 nitrogen and oxygen atoms in total. The Morgan fingerprint density at radius 2 is 1.75 bits per heavy atom. The highest BCUT2D eigenvalue weighted by molar-refractivity contribution is 5.90. The van der Waals surface area contributed by atoms with E-state index < -0.39 is 0 Å². The SMILES string of the molecule is COC(=O)c1ccccc1CNC(C)c1ccccc1. The highest BCUT2D eigenvalue weighted by Crippen LogP contribution is 2.14. The molecule has 0 heterocycles. The first-order valence-electron chi connectivity index (χ1n) is 6.67. The second-order valence-electron chi connectivity index (χ2n) is 4.66. The number of carbonyl (C=O) groups is 1. The monoisotopic (exact) mass is 269 g/mol. The Morgan fingerprint density at radius 3 is 2.45 bits per heavy atom. The summed E-state index contributed by atoms with van der Waals surface area (Å²) in [5.74, 6) is -0.297. The maximum atomic E-state index is 11.7. The van der Waals surface area contributed by atoms with Crippen LogP contribution in [-0.2, 0) is 11.3 Å². The molecule has 20 heavy (non-hydrogen) atoms. The van der Waals surface area contributed by atoms with E-state index in [0.717, 1.165) is 5.56 Å². The molecule has 3 heteroatoms. The lowest BCUT2D eigenvalue weighted by atomic mass is 10.1. The van der Waals surface area contributed by atoms with Gasteiger partial charge in [0.15, 0.2) is 0 Å². The molecule has 2 rings (SSSR count). The summed E-state index contributed by atoms with van der Waals surface area (Å²) >= 11 is 0. The lowest BCUT2D eigenvalue weighted by molar-refractivity contribution is 0.0599. The summed E-state index contributed by atoms with van der Waals surface area (Å²) < 4.78 is 4.80. The maximum Gasteiger partial charge on any atom is 0.338 e. The Hall–Kier alpha value is -2.13. The summed E-state index contributed by atoms with van der Waals surface area (Å²) in [6.07, 6.45) is 0. The van der Waals surface area contributed by atoms with Crippen LogP contribution in [0, 0.1) is 0 Å². The van der Waals surface area contributed by atoms with Crippen molar-refractivity contribution in [2.45, 2.75) is 19.5 Å². The van der Waals surface area contributed by atoms with Crippen LogP contribution in [0.25, 0.3) is 0 Å². The molecule has 0 fully saturated rings. The Kier molecular flexibility index (Phi) is 4.91. The summed E-state index contributed by atoms with van der Waals surface area (Å²) in [4.78, 5) is 11.7. The van der Waals surface area contributed by atoms with Crippen LogP contribution in [0.3, 0.4) is 0 Å². The Labute approximate surface area is 119 Å². The van der Waals surface area contributed by atoms with Crippen LogP contribution in [0.5, 0.6) is 0 Å². The molecule has 0 bridgehead atoms. The van der Waals surface area contributed by atoms with Gasteiger partial charge >= 0.3 is 5.97 Å². The molecule has 0 aliphatic heterocycles. The minimum atomic E-state index is -0.297. The number of nitrogens with one attached hydrogen (secondary N) is 1. The summed E-state index contributed by atoms with van der Waals surface area (Å²) in [6.45, 7) is 2.73. The lowest BCUT2D eigenvalue weighted by Gasteiger charge is -2.15. The van der Waals surface area contributed by atoms with E-state index in [4.69, 9.17) is 4.74 Å². The van der Waals surface area contributed by atoms with Crippen LogP contribution in [0.1, 0.15) is 34.5 Å². The minimum Gasteiger partial charge on any atom is -0.465 e. The van der Waals surface area contributed by atoms with Crippen molar-refractivity contribution < 1.29 is 9.53 Å².